The molecule has 0 aliphatic rings. The van der Waals surface area contributed by atoms with Gasteiger partial charge in [-0.1, -0.05) is 0 Å². The van der Waals surface area contributed by atoms with Crippen LogP contribution in [0.2, 0.25) is 0 Å². The first kappa shape index (κ1) is 16.2. The summed E-state index contributed by atoms with van der Waals surface area (Å²) in [6.45, 7) is -0.826. The Labute approximate surface area is 86.2 Å². The summed E-state index contributed by atoms with van der Waals surface area (Å²) in [5.41, 5.74) is 2.19. The molecule has 0 aromatic heterocycles. The second kappa shape index (κ2) is 6.25. The third-order valence-corrected chi connectivity index (χ3v) is 1.57. The van der Waals surface area contributed by atoms with Crippen LogP contribution in [0.4, 0.5) is 0 Å². The molecule has 0 spiro atoms. The highest BCUT2D eigenvalue weighted by molar-refractivity contribution is 5.85. The molecule has 3 unspecified atom stereocenters. The maximum Gasteiger partial charge on any atom is 0.199 e. The van der Waals surface area contributed by atoms with E-state index in [4.69, 9.17) is 31.3 Å². The Hall–Kier alpha value is -0.280. The van der Waals surface area contributed by atoms with Crippen molar-refractivity contribution in [3.63, 3.8) is 0 Å². The van der Waals surface area contributed by atoms with Crippen LogP contribution in [0.3, 0.4) is 0 Å². The number of aliphatic hydroxyl groups is 5. The van der Waals surface area contributed by atoms with E-state index in [2.05, 4.69) is 0 Å². The minimum absolute atomic E-state index is 0. The van der Waals surface area contributed by atoms with Crippen LogP contribution in [0.25, 0.3) is 0 Å². The molecular weight excluding hydrogens is 218 g/mol. The van der Waals surface area contributed by atoms with E-state index in [1.807, 2.05) is 0 Å². The van der Waals surface area contributed by atoms with Crippen molar-refractivity contribution in [2.75, 3.05) is 6.61 Å². The molecule has 0 amide bonds. The highest BCUT2D eigenvalue weighted by Gasteiger charge is 2.39. The van der Waals surface area contributed by atoms with Crippen molar-refractivity contribution in [1.82, 2.24) is 0 Å². The molecule has 0 rings (SSSR count). The normalized spacial score (nSPS) is 21.3. The Morgan fingerprint density at radius 2 is 1.79 bits per heavy atom. The van der Waals surface area contributed by atoms with Gasteiger partial charge in [0, 0.05) is 0 Å². The SMILES string of the molecule is Cl.N[C@@](O)(C=O)C(O)C(O)C(O)CO. The molecular formula is C6H14ClNO6. The number of carbonyl (C=O) groups is 1. The molecule has 0 aliphatic heterocycles. The van der Waals surface area contributed by atoms with Crippen LogP contribution in [-0.4, -0.2) is 62.5 Å². The quantitative estimate of drug-likeness (QED) is 0.211. The highest BCUT2D eigenvalue weighted by Crippen LogP contribution is 2.08. The van der Waals surface area contributed by atoms with Crippen molar-refractivity contribution >= 4 is 18.7 Å². The predicted octanol–water partition coefficient (Wildman–Crippen LogP) is -3.67. The molecule has 0 aromatic carbocycles. The molecule has 8 heteroatoms. The zero-order chi connectivity index (χ0) is 10.6. The smallest absolute Gasteiger partial charge is 0.199 e. The Balaban J connectivity index is 0. The van der Waals surface area contributed by atoms with Crippen molar-refractivity contribution < 1.29 is 30.3 Å². The lowest BCUT2D eigenvalue weighted by molar-refractivity contribution is -0.163. The van der Waals surface area contributed by atoms with Crippen LogP contribution in [0.5, 0.6) is 0 Å². The second-order valence-electron chi connectivity index (χ2n) is 2.69. The van der Waals surface area contributed by atoms with Crippen LogP contribution in [0, 0.1) is 0 Å². The fourth-order valence-corrected chi connectivity index (χ4v) is 0.662. The Morgan fingerprint density at radius 1 is 1.36 bits per heavy atom. The van der Waals surface area contributed by atoms with E-state index in [0.717, 1.165) is 0 Å². The van der Waals surface area contributed by atoms with E-state index in [-0.39, 0.29) is 18.7 Å². The van der Waals surface area contributed by atoms with Gasteiger partial charge in [0.15, 0.2) is 12.0 Å². The number of nitrogens with two attached hydrogens (primary N) is 1. The summed E-state index contributed by atoms with van der Waals surface area (Å²) in [6.07, 6.45) is -5.81. The first-order valence-electron chi connectivity index (χ1n) is 3.49. The van der Waals surface area contributed by atoms with Crippen molar-refractivity contribution in [3.05, 3.63) is 0 Å². The molecule has 0 radical (unpaired) electrons. The van der Waals surface area contributed by atoms with E-state index < -0.39 is 30.6 Å². The molecule has 0 aliphatic carbocycles. The fourth-order valence-electron chi connectivity index (χ4n) is 0.662. The van der Waals surface area contributed by atoms with Gasteiger partial charge in [0.05, 0.1) is 6.61 Å². The number of aldehydes is 1. The predicted molar refractivity (Wildman–Crippen MR) is 47.6 cm³/mol. The lowest BCUT2D eigenvalue weighted by Gasteiger charge is -2.28. The number of hydrogen-bond donors (Lipinski definition) is 6. The van der Waals surface area contributed by atoms with Crippen LogP contribution in [0.1, 0.15) is 0 Å². The van der Waals surface area contributed by atoms with Crippen molar-refractivity contribution in [3.8, 4) is 0 Å². The van der Waals surface area contributed by atoms with Gasteiger partial charge in [-0.15, -0.1) is 12.4 Å². The van der Waals surface area contributed by atoms with Crippen molar-refractivity contribution in [2.24, 2.45) is 5.73 Å². The minimum Gasteiger partial charge on any atom is -0.394 e. The van der Waals surface area contributed by atoms with E-state index in [0.29, 0.717) is 0 Å². The van der Waals surface area contributed by atoms with E-state index in [1.165, 1.54) is 0 Å². The molecule has 0 heterocycles. The van der Waals surface area contributed by atoms with Gasteiger partial charge in [0.2, 0.25) is 0 Å². The van der Waals surface area contributed by atoms with E-state index in [9.17, 15) is 4.79 Å². The molecule has 14 heavy (non-hydrogen) atoms. The third-order valence-electron chi connectivity index (χ3n) is 1.57. The van der Waals surface area contributed by atoms with E-state index in [1.54, 1.807) is 0 Å². The van der Waals surface area contributed by atoms with Gasteiger partial charge in [-0.25, -0.2) is 0 Å². The van der Waals surface area contributed by atoms with Gasteiger partial charge in [0.25, 0.3) is 0 Å². The maximum atomic E-state index is 10.1. The number of halogens is 1. The van der Waals surface area contributed by atoms with Crippen molar-refractivity contribution in [1.29, 1.82) is 0 Å². The summed E-state index contributed by atoms with van der Waals surface area (Å²) < 4.78 is 0. The number of aliphatic hydroxyl groups excluding tert-OH is 4. The molecule has 0 fully saturated rings. The minimum atomic E-state index is -2.64. The molecule has 0 saturated heterocycles. The highest BCUT2D eigenvalue weighted by atomic mass is 35.5. The summed E-state index contributed by atoms with van der Waals surface area (Å²) in [7, 11) is 0. The van der Waals surface area contributed by atoms with Gasteiger partial charge >= 0.3 is 0 Å². The van der Waals surface area contributed by atoms with Gasteiger partial charge in [-0.2, -0.15) is 0 Å². The number of rotatable bonds is 5. The molecule has 86 valence electrons. The summed E-state index contributed by atoms with van der Waals surface area (Å²) in [5, 5.41) is 44.1. The monoisotopic (exact) mass is 231 g/mol. The van der Waals surface area contributed by atoms with Crippen LogP contribution >= 0.6 is 12.4 Å². The summed E-state index contributed by atoms with van der Waals surface area (Å²) >= 11 is 0. The van der Waals surface area contributed by atoms with Crippen LogP contribution in [0.15, 0.2) is 0 Å². The Bertz CT molecular complexity index is 178. The Kier molecular flexibility index (Phi) is 7.21. The number of hydrogen-bond acceptors (Lipinski definition) is 7. The maximum absolute atomic E-state index is 10.1. The van der Waals surface area contributed by atoms with Gasteiger partial charge < -0.3 is 25.5 Å². The lowest BCUT2D eigenvalue weighted by atomic mass is 10.00. The lowest BCUT2D eigenvalue weighted by Crippen LogP contribution is -2.60. The average Bonchev–Trinajstić information content (AvgIpc) is 2.14. The van der Waals surface area contributed by atoms with E-state index >= 15 is 0 Å². The van der Waals surface area contributed by atoms with Gasteiger partial charge in [0.1, 0.15) is 18.3 Å². The first-order valence-corrected chi connectivity index (χ1v) is 3.49. The molecule has 7 nitrogen and oxygen atoms in total. The summed E-state index contributed by atoms with van der Waals surface area (Å²) in [4.78, 5) is 10.1. The van der Waals surface area contributed by atoms with Crippen molar-refractivity contribution in [2.45, 2.75) is 24.0 Å². The molecule has 0 saturated carbocycles. The number of carbonyl (C=O) groups excluding carboxylic acids is 1. The zero-order valence-electron chi connectivity index (χ0n) is 7.15. The second-order valence-corrected chi connectivity index (χ2v) is 2.69. The van der Waals surface area contributed by atoms with Crippen LogP contribution < -0.4 is 5.73 Å². The Morgan fingerprint density at radius 3 is 2.07 bits per heavy atom. The zero-order valence-corrected chi connectivity index (χ0v) is 7.96. The average molecular weight is 232 g/mol. The molecule has 7 N–H and O–H groups in total. The topological polar surface area (TPSA) is 144 Å². The first-order chi connectivity index (χ1) is 5.86. The van der Waals surface area contributed by atoms with Gasteiger partial charge in [-0.3, -0.25) is 10.5 Å². The standard InChI is InChI=1S/C6H13NO6.ClH/c7-6(13,2-9)5(12)4(11)3(10)1-8;/h2-5,8,10-13H,1,7H2;1H/t3?,4?,5?,6-;/m1./s1. The molecule has 0 aromatic rings. The third kappa shape index (κ3) is 3.84. The summed E-state index contributed by atoms with van der Waals surface area (Å²) in [6, 6.07) is 0. The summed E-state index contributed by atoms with van der Waals surface area (Å²) in [5.74, 6) is 0. The largest absolute Gasteiger partial charge is 0.394 e. The molecule has 4 atom stereocenters. The van der Waals surface area contributed by atoms with Gasteiger partial charge in [-0.05, 0) is 0 Å². The van der Waals surface area contributed by atoms with Crippen LogP contribution in [-0.2, 0) is 4.79 Å². The fraction of sp³-hybridized carbons (Fsp3) is 0.833. The molecule has 0 bridgehead atoms.